The third kappa shape index (κ3) is 2.00. The number of nitrogens with one attached hydrogen (secondary N) is 1. The number of carbonyl (C=O) groups excluding carboxylic acids is 1. The highest BCUT2D eigenvalue weighted by Gasteiger charge is 2.35. The summed E-state index contributed by atoms with van der Waals surface area (Å²) in [6.07, 6.45) is 3.57. The van der Waals surface area contributed by atoms with E-state index in [9.17, 15) is 14.1 Å². The van der Waals surface area contributed by atoms with Crippen LogP contribution >= 0.6 is 0 Å². The summed E-state index contributed by atoms with van der Waals surface area (Å²) in [4.78, 5) is 22.9. The molecule has 0 radical (unpaired) electrons. The zero-order valence-electron chi connectivity index (χ0n) is 9.78. The summed E-state index contributed by atoms with van der Waals surface area (Å²) >= 11 is 0. The monoisotopic (exact) mass is 248 g/mol. The fraction of sp³-hybridized carbons (Fsp3) is 0.462. The van der Waals surface area contributed by atoms with Crippen LogP contribution in [0.1, 0.15) is 36.0 Å². The van der Waals surface area contributed by atoms with Gasteiger partial charge in [0.2, 0.25) is 0 Å². The van der Waals surface area contributed by atoms with E-state index in [1.54, 1.807) is 0 Å². The first-order chi connectivity index (χ1) is 8.70. The molecule has 1 aromatic rings. The molecule has 5 heteroatoms. The Labute approximate surface area is 104 Å². The summed E-state index contributed by atoms with van der Waals surface area (Å²) in [5.74, 6) is -0.857. The Morgan fingerprint density at radius 1 is 1.28 bits per heavy atom. The molecule has 1 aromatic carbocycles. The van der Waals surface area contributed by atoms with Crippen molar-refractivity contribution in [1.82, 2.24) is 0 Å². The molecule has 2 fully saturated rings. The van der Waals surface area contributed by atoms with E-state index >= 15 is 0 Å². The van der Waals surface area contributed by atoms with Crippen molar-refractivity contribution in [3.8, 4) is 0 Å². The van der Waals surface area contributed by atoms with Crippen LogP contribution in [0.2, 0.25) is 0 Å². The third-order valence-electron chi connectivity index (χ3n) is 3.35. The number of hydrogen-bond acceptors (Lipinski definition) is 4. The zero-order chi connectivity index (χ0) is 12.7. The fourth-order valence-corrected chi connectivity index (χ4v) is 2.01. The molecule has 0 saturated heterocycles. The summed E-state index contributed by atoms with van der Waals surface area (Å²) < 4.78 is 13.9. The lowest BCUT2D eigenvalue weighted by molar-refractivity contribution is 0.0964. The summed E-state index contributed by atoms with van der Waals surface area (Å²) in [6.45, 7) is 0. The maximum atomic E-state index is 13.9. The summed E-state index contributed by atoms with van der Waals surface area (Å²) in [7, 11) is 0. The molecule has 2 saturated carbocycles. The van der Waals surface area contributed by atoms with Gasteiger partial charge in [-0.05, 0) is 43.0 Å². The van der Waals surface area contributed by atoms with E-state index in [0.29, 0.717) is 0 Å². The molecule has 0 atom stereocenters. The average Bonchev–Trinajstić information content (AvgIpc) is 3.22. The van der Waals surface area contributed by atoms with Crippen molar-refractivity contribution in [2.24, 2.45) is 11.1 Å². The molecule has 0 bridgehead atoms. The van der Waals surface area contributed by atoms with Gasteiger partial charge in [0.15, 0.2) is 5.78 Å². The molecular weight excluding hydrogens is 235 g/mol. The minimum absolute atomic E-state index is 0.0153. The Bertz CT molecular complexity index is 522. The van der Waals surface area contributed by atoms with E-state index in [-0.39, 0.29) is 34.7 Å². The molecule has 18 heavy (non-hydrogen) atoms. The predicted octanol–water partition coefficient (Wildman–Crippen LogP) is 3.39. The van der Waals surface area contributed by atoms with Crippen LogP contribution in [0.15, 0.2) is 17.3 Å². The summed E-state index contributed by atoms with van der Waals surface area (Å²) in [6, 6.07) is 2.69. The fourth-order valence-electron chi connectivity index (χ4n) is 2.01. The van der Waals surface area contributed by atoms with Gasteiger partial charge in [0, 0.05) is 12.0 Å². The number of Topliss-reactive ketones (excluding diaryl/α,β-unsaturated/α-hetero) is 1. The van der Waals surface area contributed by atoms with Crippen LogP contribution in [0.3, 0.4) is 0 Å². The van der Waals surface area contributed by atoms with E-state index in [1.165, 1.54) is 6.07 Å². The number of anilines is 1. The lowest BCUT2D eigenvalue weighted by Gasteiger charge is -2.12. The highest BCUT2D eigenvalue weighted by atomic mass is 19.1. The van der Waals surface area contributed by atoms with E-state index in [0.717, 1.165) is 31.7 Å². The van der Waals surface area contributed by atoms with Crippen LogP contribution in [-0.4, -0.2) is 11.8 Å². The zero-order valence-corrected chi connectivity index (χ0v) is 9.78. The normalized spacial score (nSPS) is 18.5. The van der Waals surface area contributed by atoms with Gasteiger partial charge in [-0.1, -0.05) is 0 Å². The molecule has 0 aliphatic heterocycles. The van der Waals surface area contributed by atoms with Gasteiger partial charge in [0.05, 0.1) is 11.3 Å². The van der Waals surface area contributed by atoms with Gasteiger partial charge in [-0.15, -0.1) is 4.91 Å². The van der Waals surface area contributed by atoms with Gasteiger partial charge in [-0.2, -0.15) is 0 Å². The van der Waals surface area contributed by atoms with Crippen molar-refractivity contribution in [2.45, 2.75) is 31.7 Å². The van der Waals surface area contributed by atoms with Gasteiger partial charge in [-0.3, -0.25) is 4.79 Å². The molecule has 2 aliphatic carbocycles. The molecule has 4 nitrogen and oxygen atoms in total. The van der Waals surface area contributed by atoms with Gasteiger partial charge >= 0.3 is 0 Å². The van der Waals surface area contributed by atoms with Crippen molar-refractivity contribution in [2.75, 3.05) is 5.32 Å². The van der Waals surface area contributed by atoms with Gasteiger partial charge in [0.1, 0.15) is 11.5 Å². The molecule has 2 aliphatic rings. The minimum atomic E-state index is -0.567. The minimum Gasteiger partial charge on any atom is -0.380 e. The Morgan fingerprint density at radius 2 is 2.00 bits per heavy atom. The number of nitroso groups, excluding NO2 is 1. The van der Waals surface area contributed by atoms with Crippen molar-refractivity contribution < 1.29 is 9.18 Å². The quantitative estimate of drug-likeness (QED) is 0.641. The second kappa shape index (κ2) is 4.15. The molecule has 0 unspecified atom stereocenters. The molecule has 0 amide bonds. The van der Waals surface area contributed by atoms with E-state index in [1.807, 2.05) is 0 Å². The number of hydrogen-bond donors (Lipinski definition) is 1. The molecular formula is C13H13FN2O2. The number of rotatable bonds is 5. The van der Waals surface area contributed by atoms with E-state index in [2.05, 4.69) is 10.5 Å². The second-order valence-electron chi connectivity index (χ2n) is 4.96. The Balaban J connectivity index is 2.06. The van der Waals surface area contributed by atoms with E-state index in [4.69, 9.17) is 0 Å². The smallest absolute Gasteiger partial charge is 0.171 e. The highest BCUT2D eigenvalue weighted by molar-refractivity contribution is 6.06. The average molecular weight is 248 g/mol. The van der Waals surface area contributed by atoms with E-state index < -0.39 is 5.82 Å². The first-order valence-electron chi connectivity index (χ1n) is 6.17. The highest BCUT2D eigenvalue weighted by Crippen LogP contribution is 2.40. The largest absolute Gasteiger partial charge is 0.380 e. The molecule has 3 rings (SSSR count). The predicted molar refractivity (Wildman–Crippen MR) is 65.6 cm³/mol. The molecule has 0 aromatic heterocycles. The van der Waals surface area contributed by atoms with Gasteiger partial charge in [0.25, 0.3) is 0 Å². The molecule has 1 N–H and O–H groups in total. The Morgan fingerprint density at radius 3 is 2.56 bits per heavy atom. The lowest BCUT2D eigenvalue weighted by Crippen LogP contribution is -2.12. The SMILES string of the molecule is O=Nc1ccc(F)c(C(=O)C2CC2)c1NC1CC1. The molecule has 0 heterocycles. The van der Waals surface area contributed by atoms with Gasteiger partial charge < -0.3 is 5.32 Å². The van der Waals surface area contributed by atoms with Crippen LogP contribution in [-0.2, 0) is 0 Å². The maximum Gasteiger partial charge on any atom is 0.171 e. The first-order valence-corrected chi connectivity index (χ1v) is 6.17. The van der Waals surface area contributed by atoms with Crippen LogP contribution in [0.25, 0.3) is 0 Å². The van der Waals surface area contributed by atoms with Crippen LogP contribution < -0.4 is 5.32 Å². The molecule has 94 valence electrons. The first kappa shape index (κ1) is 11.3. The standard InChI is InChI=1S/C13H13FN2O2/c14-9-5-6-10(16-18)12(15-8-3-4-8)11(9)13(17)7-1-2-7/h5-8,15H,1-4H2. The van der Waals surface area contributed by atoms with Crippen molar-refractivity contribution in [1.29, 1.82) is 0 Å². The summed E-state index contributed by atoms with van der Waals surface area (Å²) in [5, 5.41) is 5.94. The van der Waals surface area contributed by atoms with Crippen LogP contribution in [0.4, 0.5) is 15.8 Å². The Kier molecular flexibility index (Phi) is 2.61. The second-order valence-corrected chi connectivity index (χ2v) is 4.96. The number of nitrogens with zero attached hydrogens (tertiary/aromatic N) is 1. The van der Waals surface area contributed by atoms with Crippen LogP contribution in [0, 0.1) is 16.6 Å². The number of halogens is 1. The number of benzene rings is 1. The number of ketones is 1. The van der Waals surface area contributed by atoms with Crippen LogP contribution in [0.5, 0.6) is 0 Å². The third-order valence-corrected chi connectivity index (χ3v) is 3.35. The Hall–Kier alpha value is -1.78. The van der Waals surface area contributed by atoms with Crippen molar-refractivity contribution in [3.05, 3.63) is 28.4 Å². The topological polar surface area (TPSA) is 58.5 Å². The van der Waals surface area contributed by atoms with Crippen molar-refractivity contribution in [3.63, 3.8) is 0 Å². The van der Waals surface area contributed by atoms with Gasteiger partial charge in [-0.25, -0.2) is 4.39 Å². The van der Waals surface area contributed by atoms with Crippen molar-refractivity contribution >= 4 is 17.2 Å². The molecule has 0 spiro atoms. The maximum absolute atomic E-state index is 13.9. The number of carbonyl (C=O) groups is 1. The summed E-state index contributed by atoms with van der Waals surface area (Å²) in [5.41, 5.74) is 0.415. The lowest BCUT2D eigenvalue weighted by atomic mass is 10.0.